The maximum atomic E-state index is 12.8. The lowest BCUT2D eigenvalue weighted by Crippen LogP contribution is -2.38. The molecule has 3 aliphatic carbocycles. The SMILES string of the molecule is O=C(CCN1C(=O)[C@H]2[C@H](C1=O)[C@H]1C=C[C@H]2CC1)Nc1ccc2ncccc2c1. The van der Waals surface area contributed by atoms with E-state index in [9.17, 15) is 14.4 Å². The monoisotopic (exact) mass is 375 g/mol. The van der Waals surface area contributed by atoms with Crippen LogP contribution in [-0.4, -0.2) is 34.2 Å². The van der Waals surface area contributed by atoms with E-state index in [1.807, 2.05) is 24.3 Å². The maximum Gasteiger partial charge on any atom is 0.233 e. The number of rotatable bonds is 4. The molecule has 142 valence electrons. The fraction of sp³-hybridized carbons (Fsp3) is 0.364. The van der Waals surface area contributed by atoms with Crippen molar-refractivity contribution in [1.29, 1.82) is 0 Å². The Bertz CT molecular complexity index is 983. The summed E-state index contributed by atoms with van der Waals surface area (Å²) >= 11 is 0. The molecule has 4 atom stereocenters. The van der Waals surface area contributed by atoms with Gasteiger partial charge in [0.1, 0.15) is 0 Å². The van der Waals surface area contributed by atoms with Crippen molar-refractivity contribution in [1.82, 2.24) is 9.88 Å². The van der Waals surface area contributed by atoms with Crippen LogP contribution in [0.1, 0.15) is 19.3 Å². The van der Waals surface area contributed by atoms with Gasteiger partial charge >= 0.3 is 0 Å². The standard InChI is InChI=1S/C22H21N3O3/c26-18(24-16-7-8-17-15(12-16)2-1-10-23-17)9-11-25-21(27)19-13-3-4-14(6-5-13)20(19)22(25)28/h1-4,7-8,10,12-14,19-20H,5-6,9,11H2,(H,24,26)/t13-,14-,19+,20+/m0/s1. The fourth-order valence-corrected chi connectivity index (χ4v) is 4.95. The number of fused-ring (bicyclic) bond motifs is 2. The zero-order chi connectivity index (χ0) is 19.3. The Hall–Kier alpha value is -3.02. The van der Waals surface area contributed by atoms with Crippen molar-refractivity contribution in [3.05, 3.63) is 48.7 Å². The molecule has 0 radical (unpaired) electrons. The normalized spacial score (nSPS) is 28.1. The van der Waals surface area contributed by atoms with Gasteiger partial charge in [-0.25, -0.2) is 0 Å². The van der Waals surface area contributed by atoms with Gasteiger partial charge in [-0.05, 0) is 48.9 Å². The Kier molecular flexibility index (Phi) is 4.00. The topological polar surface area (TPSA) is 79.4 Å². The second-order valence-corrected chi connectivity index (χ2v) is 7.88. The largest absolute Gasteiger partial charge is 0.326 e. The van der Waals surface area contributed by atoms with Gasteiger partial charge in [0.15, 0.2) is 0 Å². The van der Waals surface area contributed by atoms with E-state index in [1.165, 1.54) is 4.90 Å². The molecular formula is C22H21N3O3. The molecule has 0 spiro atoms. The second kappa shape index (κ2) is 6.55. The van der Waals surface area contributed by atoms with Crippen LogP contribution in [0.15, 0.2) is 48.7 Å². The predicted octanol–water partition coefficient (Wildman–Crippen LogP) is 2.76. The van der Waals surface area contributed by atoms with Gasteiger partial charge in [0.2, 0.25) is 17.7 Å². The molecule has 1 N–H and O–H groups in total. The van der Waals surface area contributed by atoms with Crippen molar-refractivity contribution >= 4 is 34.3 Å². The Morgan fingerprint density at radius 3 is 2.46 bits per heavy atom. The van der Waals surface area contributed by atoms with Crippen molar-refractivity contribution < 1.29 is 14.4 Å². The number of nitrogens with one attached hydrogen (secondary N) is 1. The van der Waals surface area contributed by atoms with E-state index >= 15 is 0 Å². The lowest BCUT2D eigenvalue weighted by Gasteiger charge is -2.38. The molecule has 2 heterocycles. The minimum atomic E-state index is -0.215. The lowest BCUT2D eigenvalue weighted by atomic mass is 9.63. The average Bonchev–Trinajstić information content (AvgIpc) is 2.99. The van der Waals surface area contributed by atoms with Crippen LogP contribution in [0.3, 0.4) is 0 Å². The van der Waals surface area contributed by atoms with E-state index < -0.39 is 0 Å². The van der Waals surface area contributed by atoms with E-state index in [0.717, 1.165) is 23.7 Å². The van der Waals surface area contributed by atoms with Gasteiger partial charge in [0, 0.05) is 30.2 Å². The minimum absolute atomic E-state index is 0.0985. The number of imide groups is 1. The van der Waals surface area contributed by atoms with E-state index in [0.29, 0.717) is 5.69 Å². The molecule has 1 aromatic heterocycles. The van der Waals surface area contributed by atoms with Crippen LogP contribution in [0, 0.1) is 23.7 Å². The summed E-state index contributed by atoms with van der Waals surface area (Å²) in [6.07, 6.45) is 7.99. The molecule has 6 heteroatoms. The number of likely N-dealkylation sites (tertiary alicyclic amines) is 1. The number of carbonyl (C=O) groups is 3. The molecular weight excluding hydrogens is 354 g/mol. The number of hydrogen-bond donors (Lipinski definition) is 1. The third-order valence-electron chi connectivity index (χ3n) is 6.30. The molecule has 6 nitrogen and oxygen atoms in total. The number of allylic oxidation sites excluding steroid dienone is 2. The maximum absolute atomic E-state index is 12.8. The van der Waals surface area contributed by atoms with E-state index in [1.54, 1.807) is 12.3 Å². The Labute approximate surface area is 162 Å². The summed E-state index contributed by atoms with van der Waals surface area (Å²) in [5.41, 5.74) is 1.54. The minimum Gasteiger partial charge on any atom is -0.326 e. The van der Waals surface area contributed by atoms with E-state index in [-0.39, 0.29) is 54.4 Å². The first kappa shape index (κ1) is 17.1. The summed E-state index contributed by atoms with van der Waals surface area (Å²) in [6.45, 7) is 0.144. The van der Waals surface area contributed by atoms with Crippen LogP contribution >= 0.6 is 0 Å². The van der Waals surface area contributed by atoms with Crippen molar-refractivity contribution in [2.75, 3.05) is 11.9 Å². The number of nitrogens with zero attached hydrogens (tertiary/aromatic N) is 2. The molecule has 1 aliphatic heterocycles. The fourth-order valence-electron chi connectivity index (χ4n) is 4.95. The number of hydrogen-bond acceptors (Lipinski definition) is 4. The molecule has 28 heavy (non-hydrogen) atoms. The highest BCUT2D eigenvalue weighted by Gasteiger charge is 2.56. The summed E-state index contributed by atoms with van der Waals surface area (Å²) in [6, 6.07) is 9.30. The summed E-state index contributed by atoms with van der Waals surface area (Å²) in [5.74, 6) is -0.482. The molecule has 1 saturated heterocycles. The average molecular weight is 375 g/mol. The summed E-state index contributed by atoms with van der Waals surface area (Å²) in [7, 11) is 0. The second-order valence-electron chi connectivity index (χ2n) is 7.88. The number of amides is 3. The predicted molar refractivity (Wildman–Crippen MR) is 104 cm³/mol. The summed E-state index contributed by atoms with van der Waals surface area (Å²) < 4.78 is 0. The smallest absolute Gasteiger partial charge is 0.233 e. The van der Waals surface area contributed by atoms with Gasteiger partial charge in [-0.15, -0.1) is 0 Å². The van der Waals surface area contributed by atoms with Gasteiger partial charge in [0.25, 0.3) is 0 Å². The lowest BCUT2D eigenvalue weighted by molar-refractivity contribution is -0.140. The van der Waals surface area contributed by atoms with Gasteiger partial charge in [-0.2, -0.15) is 0 Å². The van der Waals surface area contributed by atoms with Crippen molar-refractivity contribution in [3.63, 3.8) is 0 Å². The molecule has 3 amide bonds. The number of aromatic nitrogens is 1. The molecule has 0 unspecified atom stereocenters. The van der Waals surface area contributed by atoms with E-state index in [4.69, 9.17) is 0 Å². The molecule has 2 bridgehead atoms. The highest BCUT2D eigenvalue weighted by molar-refractivity contribution is 6.06. The van der Waals surface area contributed by atoms with Crippen LogP contribution in [0.4, 0.5) is 5.69 Å². The Balaban J connectivity index is 1.24. The number of pyridine rings is 1. The first-order chi connectivity index (χ1) is 13.6. The third-order valence-corrected chi connectivity index (χ3v) is 6.30. The molecule has 2 aromatic rings. The molecule has 4 aliphatic rings. The Morgan fingerprint density at radius 2 is 1.79 bits per heavy atom. The first-order valence-electron chi connectivity index (χ1n) is 9.80. The highest BCUT2D eigenvalue weighted by atomic mass is 16.2. The van der Waals surface area contributed by atoms with Crippen LogP contribution in [-0.2, 0) is 14.4 Å². The number of anilines is 1. The molecule has 2 fully saturated rings. The van der Waals surface area contributed by atoms with Crippen LogP contribution in [0.2, 0.25) is 0 Å². The molecule has 1 aromatic carbocycles. The zero-order valence-corrected chi connectivity index (χ0v) is 15.4. The van der Waals surface area contributed by atoms with Crippen molar-refractivity contribution in [2.24, 2.45) is 23.7 Å². The van der Waals surface area contributed by atoms with E-state index in [2.05, 4.69) is 22.5 Å². The zero-order valence-electron chi connectivity index (χ0n) is 15.4. The van der Waals surface area contributed by atoms with Crippen molar-refractivity contribution in [2.45, 2.75) is 19.3 Å². The number of benzene rings is 1. The van der Waals surface area contributed by atoms with Gasteiger partial charge in [-0.3, -0.25) is 24.3 Å². The Morgan fingerprint density at radius 1 is 1.07 bits per heavy atom. The summed E-state index contributed by atoms with van der Waals surface area (Å²) in [5, 5.41) is 3.79. The number of carbonyl (C=O) groups excluding carboxylic acids is 3. The molecule has 1 saturated carbocycles. The summed E-state index contributed by atoms with van der Waals surface area (Å²) in [4.78, 5) is 43.5. The quantitative estimate of drug-likeness (QED) is 0.658. The molecule has 6 rings (SSSR count). The van der Waals surface area contributed by atoms with Crippen LogP contribution < -0.4 is 5.32 Å². The van der Waals surface area contributed by atoms with Gasteiger partial charge in [-0.1, -0.05) is 18.2 Å². The van der Waals surface area contributed by atoms with Crippen LogP contribution in [0.5, 0.6) is 0 Å². The van der Waals surface area contributed by atoms with Crippen molar-refractivity contribution in [3.8, 4) is 0 Å². The highest BCUT2D eigenvalue weighted by Crippen LogP contribution is 2.49. The first-order valence-corrected chi connectivity index (χ1v) is 9.80. The van der Waals surface area contributed by atoms with Gasteiger partial charge < -0.3 is 5.32 Å². The van der Waals surface area contributed by atoms with Gasteiger partial charge in [0.05, 0.1) is 17.4 Å². The van der Waals surface area contributed by atoms with Crippen LogP contribution in [0.25, 0.3) is 10.9 Å². The third kappa shape index (κ3) is 2.71.